The maximum absolute atomic E-state index is 12.8. The van der Waals surface area contributed by atoms with Crippen LogP contribution in [0.15, 0.2) is 12.1 Å². The number of rotatable bonds is 12. The number of fused-ring (bicyclic) bond motifs is 1. The van der Waals surface area contributed by atoms with Crippen molar-refractivity contribution in [1.82, 2.24) is 4.90 Å². The van der Waals surface area contributed by atoms with Crippen LogP contribution in [-0.2, 0) is 14.3 Å². The molecule has 0 unspecified atom stereocenters. The van der Waals surface area contributed by atoms with Gasteiger partial charge in [0.05, 0.1) is 30.0 Å². The van der Waals surface area contributed by atoms with E-state index in [9.17, 15) is 19.2 Å². The van der Waals surface area contributed by atoms with Gasteiger partial charge in [-0.1, -0.05) is 26.2 Å². The van der Waals surface area contributed by atoms with Crippen molar-refractivity contribution in [3.8, 4) is 5.75 Å². The molecule has 0 saturated heterocycles. The van der Waals surface area contributed by atoms with Crippen molar-refractivity contribution in [3.05, 3.63) is 23.3 Å². The molecule has 8 heteroatoms. The van der Waals surface area contributed by atoms with Gasteiger partial charge in [-0.3, -0.25) is 24.1 Å². The Morgan fingerprint density at radius 3 is 2.33 bits per heavy atom. The van der Waals surface area contributed by atoms with Crippen LogP contribution >= 0.6 is 0 Å². The number of carbonyl (C=O) groups excluding carboxylic acids is 4. The number of hydrogen-bond acceptors (Lipinski definition) is 6. The third-order valence-electron chi connectivity index (χ3n) is 4.70. The topological polar surface area (TPSA) is 102 Å². The third-order valence-corrected chi connectivity index (χ3v) is 4.70. The molecule has 0 saturated carbocycles. The fraction of sp³-hybridized carbons (Fsp3) is 0.545. The van der Waals surface area contributed by atoms with Gasteiger partial charge in [-0.05, 0) is 31.9 Å². The molecule has 1 N–H and O–H groups in total. The molecule has 0 spiro atoms. The van der Waals surface area contributed by atoms with Crippen LogP contribution in [0.2, 0.25) is 0 Å². The minimum Gasteiger partial charge on any atom is -0.491 e. The van der Waals surface area contributed by atoms with Gasteiger partial charge >= 0.3 is 5.97 Å². The van der Waals surface area contributed by atoms with Gasteiger partial charge in [0.15, 0.2) is 0 Å². The van der Waals surface area contributed by atoms with E-state index in [2.05, 4.69) is 12.2 Å². The predicted molar refractivity (Wildman–Crippen MR) is 112 cm³/mol. The molecule has 0 aromatic heterocycles. The highest BCUT2D eigenvalue weighted by Crippen LogP contribution is 2.34. The van der Waals surface area contributed by atoms with E-state index in [0.29, 0.717) is 31.1 Å². The summed E-state index contributed by atoms with van der Waals surface area (Å²) in [5, 5.41) is 2.67. The molecule has 0 atom stereocenters. The Labute approximate surface area is 176 Å². The number of ether oxygens (including phenoxy) is 2. The molecule has 0 fully saturated rings. The Bertz CT molecular complexity index is 805. The molecule has 1 aromatic rings. The fourth-order valence-electron chi connectivity index (χ4n) is 3.25. The lowest BCUT2D eigenvalue weighted by Gasteiger charge is -2.13. The Hall–Kier alpha value is -2.90. The molecule has 8 nitrogen and oxygen atoms in total. The summed E-state index contributed by atoms with van der Waals surface area (Å²) in [6, 6.07) is 3.01. The lowest BCUT2D eigenvalue weighted by Crippen LogP contribution is -2.31. The van der Waals surface area contributed by atoms with E-state index in [1.165, 1.54) is 19.1 Å². The van der Waals surface area contributed by atoms with Gasteiger partial charge in [-0.2, -0.15) is 0 Å². The number of amides is 3. The van der Waals surface area contributed by atoms with E-state index < -0.39 is 11.8 Å². The predicted octanol–water partition coefficient (Wildman–Crippen LogP) is 3.54. The standard InChI is InChI=1S/C22H30N2O6/c1-4-6-7-8-12-30-19-14-17-16(13-18(19)23-15(3)25)21(27)24(22(17)28)11-9-10-20(26)29-5-2/h13-14H,4-12H2,1-3H3,(H,23,25). The molecule has 0 bridgehead atoms. The van der Waals surface area contributed by atoms with Crippen molar-refractivity contribution in [2.75, 3.05) is 25.1 Å². The molecule has 1 aliphatic rings. The molecule has 0 radical (unpaired) electrons. The summed E-state index contributed by atoms with van der Waals surface area (Å²) in [4.78, 5) is 49.7. The first-order valence-electron chi connectivity index (χ1n) is 10.5. The average Bonchev–Trinajstić information content (AvgIpc) is 2.92. The zero-order chi connectivity index (χ0) is 22.1. The molecule has 0 aliphatic carbocycles. The Kier molecular flexibility index (Phi) is 8.83. The first-order valence-corrected chi connectivity index (χ1v) is 10.5. The second-order valence-electron chi connectivity index (χ2n) is 7.15. The molecule has 3 amide bonds. The van der Waals surface area contributed by atoms with Gasteiger partial charge < -0.3 is 14.8 Å². The number of carbonyl (C=O) groups is 4. The minimum atomic E-state index is -0.444. The number of hydrogen-bond donors (Lipinski definition) is 1. The Balaban J connectivity index is 2.13. The van der Waals surface area contributed by atoms with Gasteiger partial charge in [0, 0.05) is 19.9 Å². The van der Waals surface area contributed by atoms with E-state index in [-0.39, 0.29) is 36.0 Å². The van der Waals surface area contributed by atoms with E-state index in [0.717, 1.165) is 30.6 Å². The number of anilines is 1. The normalized spacial score (nSPS) is 12.7. The summed E-state index contributed by atoms with van der Waals surface area (Å²) in [5.74, 6) is -1.16. The van der Waals surface area contributed by atoms with Crippen LogP contribution in [0.3, 0.4) is 0 Å². The van der Waals surface area contributed by atoms with Crippen molar-refractivity contribution in [2.24, 2.45) is 0 Å². The lowest BCUT2D eigenvalue weighted by molar-refractivity contribution is -0.143. The van der Waals surface area contributed by atoms with Crippen LogP contribution < -0.4 is 10.1 Å². The van der Waals surface area contributed by atoms with Gasteiger partial charge in [0.25, 0.3) is 11.8 Å². The number of esters is 1. The van der Waals surface area contributed by atoms with Crippen molar-refractivity contribution < 1.29 is 28.7 Å². The fourth-order valence-corrected chi connectivity index (χ4v) is 3.25. The maximum Gasteiger partial charge on any atom is 0.305 e. The van der Waals surface area contributed by atoms with Crippen LogP contribution in [0.25, 0.3) is 0 Å². The number of nitrogens with zero attached hydrogens (tertiary/aromatic N) is 1. The number of unbranched alkanes of at least 4 members (excludes halogenated alkanes) is 3. The SMILES string of the molecule is CCCCCCOc1cc2c(cc1NC(C)=O)C(=O)N(CCCC(=O)OCC)C2=O. The number of benzene rings is 1. The van der Waals surface area contributed by atoms with Crippen molar-refractivity contribution in [1.29, 1.82) is 0 Å². The summed E-state index contributed by atoms with van der Waals surface area (Å²) < 4.78 is 10.7. The van der Waals surface area contributed by atoms with Gasteiger partial charge in [-0.25, -0.2) is 0 Å². The smallest absolute Gasteiger partial charge is 0.305 e. The molecule has 2 rings (SSSR count). The lowest BCUT2D eigenvalue weighted by atomic mass is 10.1. The first-order chi connectivity index (χ1) is 14.4. The summed E-state index contributed by atoms with van der Waals surface area (Å²) in [7, 11) is 0. The van der Waals surface area contributed by atoms with E-state index >= 15 is 0 Å². The largest absolute Gasteiger partial charge is 0.491 e. The quantitative estimate of drug-likeness (QED) is 0.316. The highest BCUT2D eigenvalue weighted by atomic mass is 16.5. The highest BCUT2D eigenvalue weighted by molar-refractivity contribution is 6.22. The van der Waals surface area contributed by atoms with Gasteiger partial charge in [-0.15, -0.1) is 0 Å². The molecule has 164 valence electrons. The van der Waals surface area contributed by atoms with E-state index in [1.807, 2.05) is 0 Å². The van der Waals surface area contributed by atoms with Crippen LogP contribution in [0.1, 0.15) is 80.0 Å². The van der Waals surface area contributed by atoms with E-state index in [1.54, 1.807) is 6.92 Å². The van der Waals surface area contributed by atoms with Crippen molar-refractivity contribution >= 4 is 29.4 Å². The molecule has 1 aliphatic heterocycles. The van der Waals surface area contributed by atoms with Crippen LogP contribution in [0.5, 0.6) is 5.75 Å². The molecule has 1 aromatic carbocycles. The highest BCUT2D eigenvalue weighted by Gasteiger charge is 2.36. The molecule has 30 heavy (non-hydrogen) atoms. The summed E-state index contributed by atoms with van der Waals surface area (Å²) in [6.45, 7) is 6.08. The zero-order valence-corrected chi connectivity index (χ0v) is 17.9. The summed E-state index contributed by atoms with van der Waals surface area (Å²) in [6.07, 6.45) is 4.56. The molecular formula is C22H30N2O6. The number of nitrogens with one attached hydrogen (secondary N) is 1. The second-order valence-corrected chi connectivity index (χ2v) is 7.15. The van der Waals surface area contributed by atoms with E-state index in [4.69, 9.17) is 9.47 Å². The van der Waals surface area contributed by atoms with Crippen LogP contribution in [0.4, 0.5) is 5.69 Å². The summed E-state index contributed by atoms with van der Waals surface area (Å²) >= 11 is 0. The monoisotopic (exact) mass is 418 g/mol. The zero-order valence-electron chi connectivity index (χ0n) is 17.9. The van der Waals surface area contributed by atoms with Crippen LogP contribution in [-0.4, -0.2) is 48.3 Å². The second kappa shape index (κ2) is 11.3. The first kappa shape index (κ1) is 23.4. The number of imide groups is 1. The maximum atomic E-state index is 12.8. The summed E-state index contributed by atoms with van der Waals surface area (Å²) in [5.41, 5.74) is 0.832. The Morgan fingerprint density at radius 1 is 1.00 bits per heavy atom. The van der Waals surface area contributed by atoms with Crippen molar-refractivity contribution in [2.45, 2.75) is 59.3 Å². The van der Waals surface area contributed by atoms with Gasteiger partial charge in [0.2, 0.25) is 5.91 Å². The average molecular weight is 418 g/mol. The van der Waals surface area contributed by atoms with Gasteiger partial charge in [0.1, 0.15) is 5.75 Å². The van der Waals surface area contributed by atoms with Crippen LogP contribution in [0, 0.1) is 0 Å². The van der Waals surface area contributed by atoms with Crippen molar-refractivity contribution in [3.63, 3.8) is 0 Å². The minimum absolute atomic E-state index is 0.119. The third kappa shape index (κ3) is 6.05. The molecular weight excluding hydrogens is 388 g/mol. The Morgan fingerprint density at radius 2 is 1.70 bits per heavy atom. The molecule has 1 heterocycles.